The molecule has 1 aromatic heterocycles. The Morgan fingerprint density at radius 3 is 2.44 bits per heavy atom. The summed E-state index contributed by atoms with van der Waals surface area (Å²) in [5.41, 5.74) is 7.79. The smallest absolute Gasteiger partial charge is 0.323 e. The van der Waals surface area contributed by atoms with E-state index in [-0.39, 0.29) is 24.9 Å². The monoisotopic (exact) mass is 491 g/mol. The number of amidine groups is 2. The van der Waals surface area contributed by atoms with Crippen LogP contribution in [0.2, 0.25) is 0 Å². The molecule has 1 aliphatic rings. The Morgan fingerprint density at radius 2 is 1.86 bits per heavy atom. The lowest BCUT2D eigenvalue weighted by Gasteiger charge is -2.18. The predicted octanol–water partition coefficient (Wildman–Crippen LogP) is 2.87. The summed E-state index contributed by atoms with van der Waals surface area (Å²) < 4.78 is 7.58. The number of carboxylic acid groups (broad SMARTS) is 2. The van der Waals surface area contributed by atoms with E-state index in [9.17, 15) is 19.8 Å². The fourth-order valence-corrected chi connectivity index (χ4v) is 4.63. The van der Waals surface area contributed by atoms with Gasteiger partial charge in [-0.2, -0.15) is 0 Å². The van der Waals surface area contributed by atoms with E-state index in [0.29, 0.717) is 40.5 Å². The molecular formula is C26H29N5O5. The molecule has 4 rings (SSSR count). The molecule has 2 heterocycles. The second kappa shape index (κ2) is 10.1. The van der Waals surface area contributed by atoms with E-state index in [0.717, 1.165) is 18.4 Å². The standard InChI is InChI=1S/C26H29N5O5/c1-15(27)30-9-8-21(13-30)36-20-6-4-16(5-7-20)22(26(34)35)12-19-10-17-2-3-18(25(28)29)11-23(17)31(19)14-24(32)33/h2-7,10-11,21-22,27H,8-9,12-14H2,1H3,(H3,28,29)(H,32,33)(H,34,35)/t21-,22?/m0/s1. The van der Waals surface area contributed by atoms with Crippen molar-refractivity contribution in [3.63, 3.8) is 0 Å². The molecule has 0 saturated carbocycles. The lowest BCUT2D eigenvalue weighted by molar-refractivity contribution is -0.139. The quantitative estimate of drug-likeness (QED) is 0.227. The number of nitrogens with zero attached hydrogens (tertiary/aromatic N) is 2. The third-order valence-electron chi connectivity index (χ3n) is 6.51. The fraction of sp³-hybridized carbons (Fsp3) is 0.308. The molecular weight excluding hydrogens is 462 g/mol. The molecule has 1 aliphatic heterocycles. The number of carbonyl (C=O) groups is 2. The van der Waals surface area contributed by atoms with Crippen molar-refractivity contribution >= 4 is 34.5 Å². The number of hydrogen-bond acceptors (Lipinski definition) is 5. The minimum atomic E-state index is -1.06. The molecule has 1 fully saturated rings. The van der Waals surface area contributed by atoms with Crippen molar-refractivity contribution in [3.05, 3.63) is 65.4 Å². The van der Waals surface area contributed by atoms with Crippen LogP contribution in [0.25, 0.3) is 10.9 Å². The molecule has 188 valence electrons. The van der Waals surface area contributed by atoms with Gasteiger partial charge in [-0.25, -0.2) is 0 Å². The van der Waals surface area contributed by atoms with Crippen LogP contribution in [0.15, 0.2) is 48.5 Å². The van der Waals surface area contributed by atoms with Crippen LogP contribution in [-0.4, -0.2) is 62.5 Å². The maximum absolute atomic E-state index is 12.2. The van der Waals surface area contributed by atoms with Gasteiger partial charge in [0.05, 0.1) is 18.3 Å². The molecule has 0 bridgehead atoms. The van der Waals surface area contributed by atoms with Gasteiger partial charge in [-0.3, -0.25) is 20.4 Å². The van der Waals surface area contributed by atoms with E-state index in [1.165, 1.54) is 0 Å². The van der Waals surface area contributed by atoms with Gasteiger partial charge in [-0.15, -0.1) is 0 Å². The van der Waals surface area contributed by atoms with E-state index in [1.807, 2.05) is 4.90 Å². The highest BCUT2D eigenvalue weighted by Crippen LogP contribution is 2.29. The normalized spacial score (nSPS) is 16.1. The van der Waals surface area contributed by atoms with Gasteiger partial charge in [0.2, 0.25) is 0 Å². The summed E-state index contributed by atoms with van der Waals surface area (Å²) in [6.07, 6.45) is 0.871. The first-order valence-corrected chi connectivity index (χ1v) is 11.6. The Balaban J connectivity index is 1.58. The van der Waals surface area contributed by atoms with Crippen molar-refractivity contribution in [2.45, 2.75) is 38.3 Å². The first-order valence-electron chi connectivity index (χ1n) is 11.6. The van der Waals surface area contributed by atoms with Crippen LogP contribution in [0.4, 0.5) is 0 Å². The summed E-state index contributed by atoms with van der Waals surface area (Å²) in [5.74, 6) is -1.96. The lowest BCUT2D eigenvalue weighted by Crippen LogP contribution is -2.28. The van der Waals surface area contributed by atoms with E-state index in [1.54, 1.807) is 60.0 Å². The van der Waals surface area contributed by atoms with Crippen molar-refractivity contribution in [2.75, 3.05) is 13.1 Å². The number of aromatic nitrogens is 1. The second-order valence-corrected chi connectivity index (χ2v) is 9.03. The Kier molecular flexibility index (Phi) is 6.96. The van der Waals surface area contributed by atoms with Gasteiger partial charge in [0.15, 0.2) is 0 Å². The lowest BCUT2D eigenvalue weighted by atomic mass is 9.94. The van der Waals surface area contributed by atoms with Crippen LogP contribution in [-0.2, 0) is 22.6 Å². The highest BCUT2D eigenvalue weighted by molar-refractivity contribution is 5.99. The van der Waals surface area contributed by atoms with Crippen LogP contribution in [0.5, 0.6) is 5.75 Å². The Morgan fingerprint density at radius 1 is 1.14 bits per heavy atom. The molecule has 10 nitrogen and oxygen atoms in total. The summed E-state index contributed by atoms with van der Waals surface area (Å²) in [6.45, 7) is 2.83. The number of rotatable bonds is 9. The summed E-state index contributed by atoms with van der Waals surface area (Å²) in [7, 11) is 0. The summed E-state index contributed by atoms with van der Waals surface area (Å²) in [6, 6.07) is 13.8. The number of nitrogen functional groups attached to an aromatic ring is 1. The molecule has 10 heteroatoms. The third kappa shape index (κ3) is 5.32. The molecule has 36 heavy (non-hydrogen) atoms. The number of ether oxygens (including phenoxy) is 1. The van der Waals surface area contributed by atoms with Gasteiger partial charge in [0.25, 0.3) is 0 Å². The number of hydrogen-bond donors (Lipinski definition) is 5. The summed E-state index contributed by atoms with van der Waals surface area (Å²) >= 11 is 0. The third-order valence-corrected chi connectivity index (χ3v) is 6.51. The van der Waals surface area contributed by atoms with Crippen LogP contribution in [0.1, 0.15) is 36.1 Å². The molecule has 1 unspecified atom stereocenters. The molecule has 6 N–H and O–H groups in total. The molecule has 0 aliphatic carbocycles. The molecule has 1 saturated heterocycles. The summed E-state index contributed by atoms with van der Waals surface area (Å²) in [5, 5.41) is 35.7. The van der Waals surface area contributed by atoms with E-state index in [2.05, 4.69) is 0 Å². The maximum Gasteiger partial charge on any atom is 0.323 e. The topological polar surface area (TPSA) is 166 Å². The van der Waals surface area contributed by atoms with E-state index >= 15 is 0 Å². The van der Waals surface area contributed by atoms with Crippen molar-refractivity contribution in [2.24, 2.45) is 5.73 Å². The molecule has 0 spiro atoms. The van der Waals surface area contributed by atoms with E-state index < -0.39 is 17.9 Å². The van der Waals surface area contributed by atoms with Gasteiger partial charge < -0.3 is 30.2 Å². The number of nitrogens with one attached hydrogen (secondary N) is 2. The molecule has 0 radical (unpaired) electrons. The highest BCUT2D eigenvalue weighted by atomic mass is 16.5. The SMILES string of the molecule is CC(=N)N1CC[C@H](Oc2ccc(C(Cc3cc4ccc(C(=N)N)cc4n3CC(=O)O)C(=O)O)cc2)C1. The van der Waals surface area contributed by atoms with Crippen LogP contribution in [0, 0.1) is 10.8 Å². The van der Waals surface area contributed by atoms with Crippen LogP contribution >= 0.6 is 0 Å². The zero-order valence-electron chi connectivity index (χ0n) is 19.9. The fourth-order valence-electron chi connectivity index (χ4n) is 4.63. The number of carboxylic acids is 2. The number of nitrogens with two attached hydrogens (primary N) is 1. The van der Waals surface area contributed by atoms with Crippen molar-refractivity contribution in [1.29, 1.82) is 10.8 Å². The van der Waals surface area contributed by atoms with Crippen LogP contribution in [0.3, 0.4) is 0 Å². The zero-order chi connectivity index (χ0) is 26.0. The van der Waals surface area contributed by atoms with Crippen molar-refractivity contribution in [1.82, 2.24) is 9.47 Å². The summed E-state index contributed by atoms with van der Waals surface area (Å²) in [4.78, 5) is 25.8. The molecule has 3 aromatic rings. The molecule has 2 atom stereocenters. The van der Waals surface area contributed by atoms with E-state index in [4.69, 9.17) is 21.3 Å². The van der Waals surface area contributed by atoms with Gasteiger partial charge >= 0.3 is 11.9 Å². The Hall–Kier alpha value is -4.34. The van der Waals surface area contributed by atoms with Crippen molar-refractivity contribution < 1.29 is 24.5 Å². The Bertz CT molecular complexity index is 1330. The molecule has 2 aromatic carbocycles. The average molecular weight is 492 g/mol. The first-order chi connectivity index (χ1) is 17.1. The predicted molar refractivity (Wildman–Crippen MR) is 135 cm³/mol. The van der Waals surface area contributed by atoms with Crippen LogP contribution < -0.4 is 10.5 Å². The first kappa shape index (κ1) is 24.8. The second-order valence-electron chi connectivity index (χ2n) is 9.03. The maximum atomic E-state index is 12.2. The molecule has 0 amide bonds. The minimum absolute atomic E-state index is 0.0296. The Labute approximate surface area is 207 Å². The average Bonchev–Trinajstić information content (AvgIpc) is 3.42. The van der Waals surface area contributed by atoms with Crippen molar-refractivity contribution in [3.8, 4) is 5.75 Å². The number of benzene rings is 2. The number of aliphatic carboxylic acids is 2. The van der Waals surface area contributed by atoms with Gasteiger partial charge in [0.1, 0.15) is 24.2 Å². The van der Waals surface area contributed by atoms with Gasteiger partial charge in [-0.1, -0.05) is 24.3 Å². The minimum Gasteiger partial charge on any atom is -0.489 e. The highest BCUT2D eigenvalue weighted by Gasteiger charge is 2.26. The largest absolute Gasteiger partial charge is 0.489 e. The van der Waals surface area contributed by atoms with Gasteiger partial charge in [-0.05, 0) is 42.1 Å². The number of likely N-dealkylation sites (tertiary alicyclic amines) is 1. The number of fused-ring (bicyclic) bond motifs is 1. The zero-order valence-corrected chi connectivity index (χ0v) is 19.9. The van der Waals surface area contributed by atoms with Gasteiger partial charge in [0, 0.05) is 36.2 Å².